The second kappa shape index (κ2) is 5.32. The lowest BCUT2D eigenvalue weighted by atomic mass is 10.1. The van der Waals surface area contributed by atoms with E-state index >= 15 is 0 Å². The Bertz CT molecular complexity index is 814. The fraction of sp³-hybridized carbons (Fsp3) is 0.294. The molecule has 0 amide bonds. The van der Waals surface area contributed by atoms with Gasteiger partial charge >= 0.3 is 0 Å². The van der Waals surface area contributed by atoms with Crippen LogP contribution in [0, 0.1) is 6.92 Å². The molecule has 2 aromatic carbocycles. The molecule has 0 fully saturated rings. The van der Waals surface area contributed by atoms with Gasteiger partial charge in [-0.25, -0.2) is 8.42 Å². The topological polar surface area (TPSA) is 46.6 Å². The highest BCUT2D eigenvalue weighted by atomic mass is 32.2. The zero-order chi connectivity index (χ0) is 15.9. The Hall–Kier alpha value is -2.01. The first kappa shape index (κ1) is 14.9. The van der Waals surface area contributed by atoms with Gasteiger partial charge in [0, 0.05) is 6.04 Å². The van der Waals surface area contributed by atoms with Crippen LogP contribution in [0.15, 0.2) is 47.4 Å². The van der Waals surface area contributed by atoms with Crippen LogP contribution >= 0.6 is 0 Å². The highest BCUT2D eigenvalue weighted by Gasteiger charge is 2.35. The van der Waals surface area contributed by atoms with Crippen LogP contribution in [-0.4, -0.2) is 21.6 Å². The Morgan fingerprint density at radius 1 is 1.18 bits per heavy atom. The maximum atomic E-state index is 13.0. The van der Waals surface area contributed by atoms with Crippen LogP contribution in [0.2, 0.25) is 0 Å². The number of fused-ring (bicyclic) bond motifs is 1. The Morgan fingerprint density at radius 3 is 2.59 bits per heavy atom. The minimum Gasteiger partial charge on any atom is -0.496 e. The van der Waals surface area contributed by atoms with E-state index in [9.17, 15) is 8.42 Å². The molecule has 0 bridgehead atoms. The molecule has 1 atom stereocenters. The van der Waals surface area contributed by atoms with Crippen LogP contribution in [0.4, 0.5) is 5.69 Å². The summed E-state index contributed by atoms with van der Waals surface area (Å²) in [4.78, 5) is 0.300. The summed E-state index contributed by atoms with van der Waals surface area (Å²) in [5.41, 5.74) is 2.66. The van der Waals surface area contributed by atoms with Gasteiger partial charge in [-0.1, -0.05) is 18.2 Å². The van der Waals surface area contributed by atoms with E-state index in [2.05, 4.69) is 0 Å². The number of methoxy groups -OCH3 is 1. The molecule has 0 unspecified atom stereocenters. The number of aryl methyl sites for hydroxylation is 1. The number of anilines is 1. The van der Waals surface area contributed by atoms with Gasteiger partial charge in [0.2, 0.25) is 0 Å². The fourth-order valence-corrected chi connectivity index (χ4v) is 4.81. The van der Waals surface area contributed by atoms with Crippen molar-refractivity contribution in [3.8, 4) is 5.75 Å². The van der Waals surface area contributed by atoms with E-state index in [1.54, 1.807) is 25.3 Å². The molecule has 0 saturated heterocycles. The molecule has 0 saturated carbocycles. The number of ether oxygens (including phenoxy) is 1. The molecule has 1 aliphatic heterocycles. The number of para-hydroxylation sites is 1. The molecular formula is C17H19NO3S. The molecule has 116 valence electrons. The first-order chi connectivity index (χ1) is 10.4. The molecule has 0 aromatic heterocycles. The van der Waals surface area contributed by atoms with E-state index < -0.39 is 10.0 Å². The summed E-state index contributed by atoms with van der Waals surface area (Å²) in [7, 11) is -1.99. The van der Waals surface area contributed by atoms with Crippen LogP contribution in [-0.2, 0) is 16.4 Å². The molecule has 2 aromatic rings. The van der Waals surface area contributed by atoms with Crippen molar-refractivity contribution in [3.05, 3.63) is 53.6 Å². The summed E-state index contributed by atoms with van der Waals surface area (Å²) in [6.07, 6.45) is 0.741. The predicted octanol–water partition coefficient (Wildman–Crippen LogP) is 3.14. The number of benzene rings is 2. The van der Waals surface area contributed by atoms with E-state index in [4.69, 9.17) is 4.74 Å². The maximum Gasteiger partial charge on any atom is 0.264 e. The van der Waals surface area contributed by atoms with Crippen molar-refractivity contribution < 1.29 is 13.2 Å². The highest BCUT2D eigenvalue weighted by molar-refractivity contribution is 7.92. The molecule has 0 N–H and O–H groups in total. The molecule has 1 aliphatic rings. The van der Waals surface area contributed by atoms with Crippen LogP contribution in [0.25, 0.3) is 0 Å². The maximum absolute atomic E-state index is 13.0. The Balaban J connectivity index is 2.09. The summed E-state index contributed by atoms with van der Waals surface area (Å²) < 4.78 is 32.8. The van der Waals surface area contributed by atoms with Gasteiger partial charge < -0.3 is 4.74 Å². The Kier molecular flexibility index (Phi) is 3.60. The SMILES string of the molecule is COc1ccc(S(=O)(=O)N2c3ccccc3C[C@@H]2C)cc1C. The van der Waals surface area contributed by atoms with Crippen LogP contribution in [0.3, 0.4) is 0 Å². The average molecular weight is 317 g/mol. The molecule has 4 nitrogen and oxygen atoms in total. The minimum atomic E-state index is -3.57. The summed E-state index contributed by atoms with van der Waals surface area (Å²) >= 11 is 0. The fourth-order valence-electron chi connectivity index (χ4n) is 3.03. The smallest absolute Gasteiger partial charge is 0.264 e. The largest absolute Gasteiger partial charge is 0.496 e. The van der Waals surface area contributed by atoms with Crippen LogP contribution in [0.1, 0.15) is 18.1 Å². The molecule has 0 radical (unpaired) electrons. The number of sulfonamides is 1. The van der Waals surface area contributed by atoms with Crippen molar-refractivity contribution in [2.75, 3.05) is 11.4 Å². The first-order valence-corrected chi connectivity index (χ1v) is 8.66. The molecule has 1 heterocycles. The third-order valence-corrected chi connectivity index (χ3v) is 5.99. The molecule has 3 rings (SSSR count). The van der Waals surface area contributed by atoms with Crippen molar-refractivity contribution in [1.82, 2.24) is 0 Å². The normalized spacial score (nSPS) is 17.4. The first-order valence-electron chi connectivity index (χ1n) is 7.22. The average Bonchev–Trinajstić information content (AvgIpc) is 2.83. The van der Waals surface area contributed by atoms with E-state index in [1.165, 1.54) is 4.31 Å². The van der Waals surface area contributed by atoms with Gasteiger partial charge in [-0.2, -0.15) is 0 Å². The van der Waals surface area contributed by atoms with E-state index in [1.807, 2.05) is 38.1 Å². The standard InChI is InChI=1S/C17H19NO3S/c1-12-10-15(8-9-17(12)21-3)22(19,20)18-13(2)11-14-6-4-5-7-16(14)18/h4-10,13H,11H2,1-3H3/t13-/m0/s1. The van der Waals surface area contributed by atoms with Gasteiger partial charge in [0.05, 0.1) is 17.7 Å². The lowest BCUT2D eigenvalue weighted by molar-refractivity contribution is 0.411. The highest BCUT2D eigenvalue weighted by Crippen LogP contribution is 2.37. The summed E-state index contributed by atoms with van der Waals surface area (Å²) in [6.45, 7) is 3.78. The molecular weight excluding hydrogens is 298 g/mol. The van der Waals surface area contributed by atoms with Crippen LogP contribution < -0.4 is 9.04 Å². The molecule has 0 spiro atoms. The van der Waals surface area contributed by atoms with Crippen molar-refractivity contribution >= 4 is 15.7 Å². The number of nitrogens with zero attached hydrogens (tertiary/aromatic N) is 1. The predicted molar refractivity (Wildman–Crippen MR) is 87.0 cm³/mol. The zero-order valence-electron chi connectivity index (χ0n) is 12.9. The lowest BCUT2D eigenvalue weighted by Gasteiger charge is -2.24. The van der Waals surface area contributed by atoms with Crippen molar-refractivity contribution in [2.45, 2.75) is 31.2 Å². The summed E-state index contributed by atoms with van der Waals surface area (Å²) in [6, 6.07) is 12.6. The Morgan fingerprint density at radius 2 is 1.91 bits per heavy atom. The second-order valence-electron chi connectivity index (χ2n) is 5.61. The quantitative estimate of drug-likeness (QED) is 0.873. The van der Waals surface area contributed by atoms with Crippen molar-refractivity contribution in [2.24, 2.45) is 0 Å². The third-order valence-electron chi connectivity index (χ3n) is 4.07. The Labute approximate surface area is 131 Å². The van der Waals surface area contributed by atoms with Gasteiger partial charge in [0.25, 0.3) is 10.0 Å². The molecule has 22 heavy (non-hydrogen) atoms. The zero-order valence-corrected chi connectivity index (χ0v) is 13.7. The number of hydrogen-bond donors (Lipinski definition) is 0. The minimum absolute atomic E-state index is 0.0789. The second-order valence-corrected chi connectivity index (χ2v) is 7.43. The van der Waals surface area contributed by atoms with Gasteiger partial charge in [-0.15, -0.1) is 0 Å². The van der Waals surface area contributed by atoms with E-state index in [0.717, 1.165) is 23.2 Å². The molecule has 0 aliphatic carbocycles. The molecule has 5 heteroatoms. The van der Waals surface area contributed by atoms with E-state index in [0.29, 0.717) is 10.6 Å². The summed E-state index contributed by atoms with van der Waals surface area (Å²) in [5.74, 6) is 0.689. The monoisotopic (exact) mass is 317 g/mol. The third kappa shape index (κ3) is 2.25. The number of rotatable bonds is 3. The van der Waals surface area contributed by atoms with Gasteiger partial charge in [0.15, 0.2) is 0 Å². The van der Waals surface area contributed by atoms with E-state index in [-0.39, 0.29) is 6.04 Å². The van der Waals surface area contributed by atoms with Gasteiger partial charge in [0.1, 0.15) is 5.75 Å². The summed E-state index contributed by atoms with van der Waals surface area (Å²) in [5, 5.41) is 0. The van der Waals surface area contributed by atoms with Crippen molar-refractivity contribution in [3.63, 3.8) is 0 Å². The lowest BCUT2D eigenvalue weighted by Crippen LogP contribution is -2.35. The van der Waals surface area contributed by atoms with Gasteiger partial charge in [-0.05, 0) is 55.7 Å². The van der Waals surface area contributed by atoms with Gasteiger partial charge in [-0.3, -0.25) is 4.31 Å². The number of hydrogen-bond acceptors (Lipinski definition) is 3. The van der Waals surface area contributed by atoms with Crippen molar-refractivity contribution in [1.29, 1.82) is 0 Å². The van der Waals surface area contributed by atoms with Crippen LogP contribution in [0.5, 0.6) is 5.75 Å².